The van der Waals surface area contributed by atoms with Crippen LogP contribution in [0.4, 0.5) is 4.39 Å². The van der Waals surface area contributed by atoms with E-state index in [2.05, 4.69) is 5.32 Å². The Balaban J connectivity index is 1.64. The molecule has 1 aliphatic rings. The number of rotatable bonds is 6. The first kappa shape index (κ1) is 24.1. The highest BCUT2D eigenvalue weighted by Gasteiger charge is 2.40. The maximum atomic E-state index is 13.9. The smallest absolute Gasteiger partial charge is 0.244 e. The monoisotopic (exact) mass is 480 g/mol. The fourth-order valence-electron chi connectivity index (χ4n) is 4.81. The van der Waals surface area contributed by atoms with Crippen molar-refractivity contribution in [3.05, 3.63) is 99.9 Å². The van der Waals surface area contributed by atoms with Gasteiger partial charge in [-0.15, -0.1) is 0 Å². The number of fused-ring (bicyclic) bond motifs is 1. The van der Waals surface area contributed by atoms with E-state index < -0.39 is 16.1 Å². The molecule has 1 heterocycles. The second-order valence-corrected chi connectivity index (χ2v) is 10.7. The standard InChI is InChI=1S/C27H29FN2O3S/c1-18-14-19(2)26(20(3)15-18)34(32,33)30-17-23-10-5-4-9-22(23)16-25(30)27(31)29-13-12-21-8-6-7-11-24(21)28/h4-11,14-15,25H,12-13,16-17H2,1-3H3,(H,29,31). The number of hydrogen-bond donors (Lipinski definition) is 1. The van der Waals surface area contributed by atoms with Gasteiger partial charge in [0.25, 0.3) is 0 Å². The maximum Gasteiger partial charge on any atom is 0.244 e. The predicted molar refractivity (Wildman–Crippen MR) is 130 cm³/mol. The minimum atomic E-state index is -3.95. The molecule has 1 amide bonds. The molecule has 3 aromatic rings. The molecule has 0 bridgehead atoms. The predicted octanol–water partition coefficient (Wildman–Crippen LogP) is 4.23. The minimum Gasteiger partial charge on any atom is -0.354 e. The van der Waals surface area contributed by atoms with Crippen LogP contribution in [0.25, 0.3) is 0 Å². The summed E-state index contributed by atoms with van der Waals surface area (Å²) in [6.45, 7) is 5.84. The van der Waals surface area contributed by atoms with Gasteiger partial charge in [0, 0.05) is 13.1 Å². The molecule has 4 rings (SSSR count). The Labute approximate surface area is 200 Å². The second-order valence-electron chi connectivity index (χ2n) is 8.90. The molecule has 1 aliphatic heterocycles. The number of carbonyl (C=O) groups is 1. The van der Waals surface area contributed by atoms with Gasteiger partial charge in [0.15, 0.2) is 0 Å². The topological polar surface area (TPSA) is 66.5 Å². The van der Waals surface area contributed by atoms with Crippen LogP contribution >= 0.6 is 0 Å². The van der Waals surface area contributed by atoms with Crippen molar-refractivity contribution in [1.82, 2.24) is 9.62 Å². The van der Waals surface area contributed by atoms with E-state index >= 15 is 0 Å². The van der Waals surface area contributed by atoms with Crippen LogP contribution in [0.15, 0.2) is 65.6 Å². The van der Waals surface area contributed by atoms with Gasteiger partial charge in [0.2, 0.25) is 15.9 Å². The van der Waals surface area contributed by atoms with E-state index in [-0.39, 0.29) is 36.1 Å². The molecule has 1 unspecified atom stereocenters. The zero-order chi connectivity index (χ0) is 24.5. The molecule has 0 aromatic heterocycles. The average Bonchev–Trinajstić information content (AvgIpc) is 2.78. The quantitative estimate of drug-likeness (QED) is 0.574. The number of benzene rings is 3. The Morgan fingerprint density at radius 2 is 1.62 bits per heavy atom. The van der Waals surface area contributed by atoms with Gasteiger partial charge in [-0.25, -0.2) is 12.8 Å². The van der Waals surface area contributed by atoms with Gasteiger partial charge in [-0.3, -0.25) is 4.79 Å². The van der Waals surface area contributed by atoms with Gasteiger partial charge >= 0.3 is 0 Å². The van der Waals surface area contributed by atoms with Crippen molar-refractivity contribution < 1.29 is 17.6 Å². The van der Waals surface area contributed by atoms with E-state index in [0.29, 0.717) is 23.1 Å². The van der Waals surface area contributed by atoms with E-state index in [1.807, 2.05) is 43.3 Å². The third kappa shape index (κ3) is 4.76. The number of halogens is 1. The lowest BCUT2D eigenvalue weighted by Crippen LogP contribution is -2.52. The zero-order valence-electron chi connectivity index (χ0n) is 19.6. The van der Waals surface area contributed by atoms with Crippen LogP contribution < -0.4 is 5.32 Å². The van der Waals surface area contributed by atoms with Gasteiger partial charge in [0.1, 0.15) is 11.9 Å². The van der Waals surface area contributed by atoms with Crippen molar-refractivity contribution in [3.63, 3.8) is 0 Å². The van der Waals surface area contributed by atoms with Crippen LogP contribution in [0, 0.1) is 26.6 Å². The number of hydrogen-bond acceptors (Lipinski definition) is 3. The Hall–Kier alpha value is -3.03. The lowest BCUT2D eigenvalue weighted by molar-refractivity contribution is -0.125. The van der Waals surface area contributed by atoms with Crippen molar-refractivity contribution in [3.8, 4) is 0 Å². The van der Waals surface area contributed by atoms with Gasteiger partial charge in [-0.2, -0.15) is 4.31 Å². The summed E-state index contributed by atoms with van der Waals surface area (Å²) < 4.78 is 43.1. The number of amides is 1. The number of nitrogens with zero attached hydrogens (tertiary/aromatic N) is 1. The number of sulfonamides is 1. The van der Waals surface area contributed by atoms with E-state index in [9.17, 15) is 17.6 Å². The van der Waals surface area contributed by atoms with Crippen molar-refractivity contribution in [2.75, 3.05) is 6.54 Å². The molecule has 0 saturated heterocycles. The first-order chi connectivity index (χ1) is 16.2. The summed E-state index contributed by atoms with van der Waals surface area (Å²) in [6, 6.07) is 16.8. The largest absolute Gasteiger partial charge is 0.354 e. The van der Waals surface area contributed by atoms with Crippen LogP contribution in [0.1, 0.15) is 33.4 Å². The fraction of sp³-hybridized carbons (Fsp3) is 0.296. The van der Waals surface area contributed by atoms with Crippen LogP contribution in [-0.4, -0.2) is 31.2 Å². The molecule has 178 valence electrons. The van der Waals surface area contributed by atoms with Crippen LogP contribution in [0.5, 0.6) is 0 Å². The molecule has 0 aliphatic carbocycles. The van der Waals surface area contributed by atoms with Crippen LogP contribution in [0.3, 0.4) is 0 Å². The van der Waals surface area contributed by atoms with Crippen molar-refractivity contribution in [2.45, 2.75) is 51.1 Å². The summed E-state index contributed by atoms with van der Waals surface area (Å²) in [5, 5.41) is 2.84. The maximum absolute atomic E-state index is 13.9. The summed E-state index contributed by atoms with van der Waals surface area (Å²) in [6.07, 6.45) is 0.607. The lowest BCUT2D eigenvalue weighted by Gasteiger charge is -2.35. The van der Waals surface area contributed by atoms with Gasteiger partial charge in [-0.05, 0) is 67.5 Å². The Morgan fingerprint density at radius 1 is 1.00 bits per heavy atom. The van der Waals surface area contributed by atoms with E-state index in [4.69, 9.17) is 0 Å². The van der Waals surface area contributed by atoms with Gasteiger partial charge in [0.05, 0.1) is 4.90 Å². The van der Waals surface area contributed by atoms with Gasteiger partial charge in [-0.1, -0.05) is 60.2 Å². The SMILES string of the molecule is Cc1cc(C)c(S(=O)(=O)N2Cc3ccccc3CC2C(=O)NCCc2ccccc2F)c(C)c1. The van der Waals surface area contributed by atoms with E-state index in [1.165, 1.54) is 10.4 Å². The molecule has 0 saturated carbocycles. The van der Waals surface area contributed by atoms with E-state index in [1.54, 1.807) is 32.0 Å². The summed E-state index contributed by atoms with van der Waals surface area (Å²) in [5.74, 6) is -0.699. The molecule has 34 heavy (non-hydrogen) atoms. The highest BCUT2D eigenvalue weighted by atomic mass is 32.2. The minimum absolute atomic E-state index is 0.122. The van der Waals surface area contributed by atoms with E-state index in [0.717, 1.165) is 16.7 Å². The highest BCUT2D eigenvalue weighted by molar-refractivity contribution is 7.89. The van der Waals surface area contributed by atoms with Crippen molar-refractivity contribution in [1.29, 1.82) is 0 Å². The normalized spacial score (nSPS) is 16.2. The third-order valence-corrected chi connectivity index (χ3v) is 8.49. The molecule has 0 spiro atoms. The highest BCUT2D eigenvalue weighted by Crippen LogP contribution is 2.32. The van der Waals surface area contributed by atoms with Gasteiger partial charge < -0.3 is 5.32 Å². The molecule has 1 atom stereocenters. The van der Waals surface area contributed by atoms with Crippen molar-refractivity contribution >= 4 is 15.9 Å². The van der Waals surface area contributed by atoms with Crippen LogP contribution in [-0.2, 0) is 34.2 Å². The molecular weight excluding hydrogens is 451 g/mol. The summed E-state index contributed by atoms with van der Waals surface area (Å²) in [4.78, 5) is 13.5. The first-order valence-corrected chi connectivity index (χ1v) is 12.8. The summed E-state index contributed by atoms with van der Waals surface area (Å²) in [5.41, 5.74) is 4.67. The molecule has 3 aromatic carbocycles. The number of nitrogens with one attached hydrogen (secondary N) is 1. The average molecular weight is 481 g/mol. The number of carbonyl (C=O) groups excluding carboxylic acids is 1. The third-order valence-electron chi connectivity index (χ3n) is 6.33. The second kappa shape index (κ2) is 9.68. The molecule has 5 nitrogen and oxygen atoms in total. The number of aryl methyl sites for hydroxylation is 3. The first-order valence-electron chi connectivity index (χ1n) is 11.4. The molecular formula is C27H29FN2O3S. The Kier molecular flexibility index (Phi) is 6.86. The molecule has 7 heteroatoms. The zero-order valence-corrected chi connectivity index (χ0v) is 20.5. The summed E-state index contributed by atoms with van der Waals surface area (Å²) in [7, 11) is -3.95. The Bertz CT molecular complexity index is 1310. The lowest BCUT2D eigenvalue weighted by atomic mass is 9.95. The Morgan fingerprint density at radius 3 is 2.29 bits per heavy atom. The summed E-state index contributed by atoms with van der Waals surface area (Å²) >= 11 is 0. The molecule has 0 radical (unpaired) electrons. The fourth-order valence-corrected chi connectivity index (χ4v) is 6.79. The molecule has 1 N–H and O–H groups in total. The van der Waals surface area contributed by atoms with Crippen LogP contribution in [0.2, 0.25) is 0 Å². The molecule has 0 fully saturated rings. The van der Waals surface area contributed by atoms with Crippen molar-refractivity contribution in [2.24, 2.45) is 0 Å².